The minimum atomic E-state index is 0.0390. The smallest absolute Gasteiger partial charge is 0.224 e. The van der Waals surface area contributed by atoms with Gasteiger partial charge in [0.05, 0.1) is 5.69 Å². The highest BCUT2D eigenvalue weighted by Gasteiger charge is 2.17. The zero-order valence-corrected chi connectivity index (χ0v) is 15.1. The number of rotatable bonds is 6. The van der Waals surface area contributed by atoms with E-state index in [1.807, 2.05) is 54.6 Å². The first-order valence-corrected chi connectivity index (χ1v) is 9.37. The molecule has 0 aliphatic carbocycles. The Bertz CT molecular complexity index is 900. The molecule has 3 aromatic rings. The van der Waals surface area contributed by atoms with Crippen molar-refractivity contribution in [1.29, 1.82) is 0 Å². The average molecular weight is 361 g/mol. The Morgan fingerprint density at radius 3 is 2.74 bits per heavy atom. The number of aromatic nitrogens is 3. The van der Waals surface area contributed by atoms with Crippen molar-refractivity contribution in [2.75, 3.05) is 18.4 Å². The first kappa shape index (κ1) is 17.4. The summed E-state index contributed by atoms with van der Waals surface area (Å²) in [6.07, 6.45) is 2.61. The summed E-state index contributed by atoms with van der Waals surface area (Å²) in [4.78, 5) is 17.0. The topological polar surface area (TPSA) is 82.7 Å². The Balaban J connectivity index is 1.48. The summed E-state index contributed by atoms with van der Waals surface area (Å²) in [5.74, 6) is 1.93. The molecule has 0 radical (unpaired) electrons. The van der Waals surface area contributed by atoms with Crippen LogP contribution in [0.2, 0.25) is 0 Å². The predicted octanol–water partition coefficient (Wildman–Crippen LogP) is 3.47. The number of aromatic amines is 1. The van der Waals surface area contributed by atoms with Crippen molar-refractivity contribution >= 4 is 11.6 Å². The van der Waals surface area contributed by atoms with Gasteiger partial charge in [-0.3, -0.25) is 9.89 Å². The van der Waals surface area contributed by atoms with Crippen LogP contribution >= 0.6 is 0 Å². The third-order valence-corrected chi connectivity index (χ3v) is 4.92. The van der Waals surface area contributed by atoms with E-state index in [2.05, 4.69) is 25.8 Å². The van der Waals surface area contributed by atoms with Crippen molar-refractivity contribution in [3.63, 3.8) is 0 Å². The molecule has 6 heteroatoms. The number of carbonyl (C=O) groups is 1. The van der Waals surface area contributed by atoms with Crippen molar-refractivity contribution in [1.82, 2.24) is 20.5 Å². The van der Waals surface area contributed by atoms with Crippen molar-refractivity contribution in [3.8, 4) is 22.8 Å². The minimum absolute atomic E-state index is 0.0390. The number of nitrogens with zero attached hydrogens (tertiary/aromatic N) is 2. The van der Waals surface area contributed by atoms with Gasteiger partial charge in [-0.05, 0) is 44.0 Å². The third kappa shape index (κ3) is 4.23. The summed E-state index contributed by atoms with van der Waals surface area (Å²) in [5.41, 5.74) is 2.54. The Hall–Kier alpha value is -2.99. The third-order valence-electron chi connectivity index (χ3n) is 4.92. The number of hydrogen-bond donors (Lipinski definition) is 3. The van der Waals surface area contributed by atoms with Crippen LogP contribution in [0.25, 0.3) is 22.8 Å². The molecule has 1 unspecified atom stereocenters. The molecule has 1 atom stereocenters. The van der Waals surface area contributed by atoms with Crippen molar-refractivity contribution in [2.24, 2.45) is 5.92 Å². The number of H-pyrrole nitrogens is 1. The number of anilines is 1. The van der Waals surface area contributed by atoms with E-state index in [1.165, 1.54) is 0 Å². The SMILES string of the molecule is O=C(CCC1CCNC1)Nc1ccccc1-c1nc(-c2ccccc2)n[nH]1. The van der Waals surface area contributed by atoms with E-state index in [0.717, 1.165) is 42.7 Å². The first-order valence-electron chi connectivity index (χ1n) is 9.37. The van der Waals surface area contributed by atoms with Gasteiger partial charge in [-0.1, -0.05) is 42.5 Å². The van der Waals surface area contributed by atoms with Gasteiger partial charge in [0.1, 0.15) is 0 Å². The quantitative estimate of drug-likeness (QED) is 0.628. The highest BCUT2D eigenvalue weighted by molar-refractivity contribution is 5.94. The fourth-order valence-corrected chi connectivity index (χ4v) is 3.41. The molecule has 6 nitrogen and oxygen atoms in total. The average Bonchev–Trinajstić information content (AvgIpc) is 3.40. The summed E-state index contributed by atoms with van der Waals surface area (Å²) in [7, 11) is 0. The normalized spacial score (nSPS) is 16.4. The van der Waals surface area contributed by atoms with E-state index < -0.39 is 0 Å². The van der Waals surface area contributed by atoms with Crippen LogP contribution in [0.3, 0.4) is 0 Å². The fourth-order valence-electron chi connectivity index (χ4n) is 3.41. The van der Waals surface area contributed by atoms with Gasteiger partial charge in [-0.25, -0.2) is 4.98 Å². The second-order valence-corrected chi connectivity index (χ2v) is 6.86. The van der Waals surface area contributed by atoms with Gasteiger partial charge < -0.3 is 10.6 Å². The number of amides is 1. The monoisotopic (exact) mass is 361 g/mol. The van der Waals surface area contributed by atoms with Gasteiger partial charge in [0.25, 0.3) is 0 Å². The van der Waals surface area contributed by atoms with Crippen LogP contribution in [-0.2, 0) is 4.79 Å². The van der Waals surface area contributed by atoms with Crippen LogP contribution < -0.4 is 10.6 Å². The van der Waals surface area contributed by atoms with Crippen LogP contribution in [0.1, 0.15) is 19.3 Å². The summed E-state index contributed by atoms with van der Waals surface area (Å²) in [6.45, 7) is 2.08. The largest absolute Gasteiger partial charge is 0.325 e. The molecule has 1 aromatic heterocycles. The Morgan fingerprint density at radius 1 is 1.11 bits per heavy atom. The lowest BCUT2D eigenvalue weighted by molar-refractivity contribution is -0.116. The molecule has 2 aromatic carbocycles. The summed E-state index contributed by atoms with van der Waals surface area (Å²) in [6, 6.07) is 17.5. The Kier molecular flexibility index (Phi) is 5.25. The number of para-hydroxylation sites is 1. The maximum atomic E-state index is 12.4. The summed E-state index contributed by atoms with van der Waals surface area (Å²) < 4.78 is 0. The van der Waals surface area contributed by atoms with Crippen LogP contribution in [0.15, 0.2) is 54.6 Å². The second kappa shape index (κ2) is 8.14. The molecule has 0 spiro atoms. The van der Waals surface area contributed by atoms with Gasteiger partial charge in [0, 0.05) is 17.5 Å². The zero-order chi connectivity index (χ0) is 18.5. The van der Waals surface area contributed by atoms with E-state index in [1.54, 1.807) is 0 Å². The first-order chi connectivity index (χ1) is 13.3. The van der Waals surface area contributed by atoms with Gasteiger partial charge in [0.15, 0.2) is 11.6 Å². The molecule has 27 heavy (non-hydrogen) atoms. The van der Waals surface area contributed by atoms with E-state index in [4.69, 9.17) is 0 Å². The molecule has 3 N–H and O–H groups in total. The molecular weight excluding hydrogens is 338 g/mol. The highest BCUT2D eigenvalue weighted by Crippen LogP contribution is 2.27. The van der Waals surface area contributed by atoms with Crippen molar-refractivity contribution in [2.45, 2.75) is 19.3 Å². The van der Waals surface area contributed by atoms with E-state index in [-0.39, 0.29) is 5.91 Å². The molecule has 0 bridgehead atoms. The Labute approximate surface area is 158 Å². The van der Waals surface area contributed by atoms with Gasteiger partial charge in [-0.2, -0.15) is 5.10 Å². The lowest BCUT2D eigenvalue weighted by Gasteiger charge is -2.11. The van der Waals surface area contributed by atoms with Crippen LogP contribution in [0.4, 0.5) is 5.69 Å². The predicted molar refractivity (Wildman–Crippen MR) is 106 cm³/mol. The molecule has 138 valence electrons. The zero-order valence-electron chi connectivity index (χ0n) is 15.1. The Morgan fingerprint density at radius 2 is 1.93 bits per heavy atom. The number of benzene rings is 2. The molecule has 1 amide bonds. The number of hydrogen-bond acceptors (Lipinski definition) is 4. The van der Waals surface area contributed by atoms with Crippen LogP contribution in [0, 0.1) is 5.92 Å². The molecule has 2 heterocycles. The van der Waals surface area contributed by atoms with Gasteiger partial charge in [0.2, 0.25) is 5.91 Å². The van der Waals surface area contributed by atoms with Gasteiger partial charge in [-0.15, -0.1) is 0 Å². The molecule has 4 rings (SSSR count). The van der Waals surface area contributed by atoms with Crippen LogP contribution in [0.5, 0.6) is 0 Å². The van der Waals surface area contributed by atoms with Crippen molar-refractivity contribution in [3.05, 3.63) is 54.6 Å². The highest BCUT2D eigenvalue weighted by atomic mass is 16.1. The molecule has 1 aliphatic heterocycles. The summed E-state index contributed by atoms with van der Waals surface area (Å²) in [5, 5.41) is 13.7. The maximum absolute atomic E-state index is 12.4. The molecule has 0 saturated carbocycles. The van der Waals surface area contributed by atoms with E-state index in [0.29, 0.717) is 24.0 Å². The van der Waals surface area contributed by atoms with Gasteiger partial charge >= 0.3 is 0 Å². The number of carbonyl (C=O) groups excluding carboxylic acids is 1. The molecular formula is C21H23N5O. The number of nitrogens with one attached hydrogen (secondary N) is 3. The van der Waals surface area contributed by atoms with Crippen molar-refractivity contribution < 1.29 is 4.79 Å². The molecule has 1 saturated heterocycles. The van der Waals surface area contributed by atoms with E-state index >= 15 is 0 Å². The van der Waals surface area contributed by atoms with Crippen LogP contribution in [-0.4, -0.2) is 34.2 Å². The summed E-state index contributed by atoms with van der Waals surface area (Å²) >= 11 is 0. The molecule has 1 aliphatic rings. The lowest BCUT2D eigenvalue weighted by Crippen LogP contribution is -2.15. The molecule has 1 fully saturated rings. The maximum Gasteiger partial charge on any atom is 0.224 e. The standard InChI is InChI=1S/C21H23N5O/c27-19(11-10-15-12-13-22-14-15)23-18-9-5-4-8-17(18)21-24-20(25-26-21)16-6-2-1-3-7-16/h1-9,15,22H,10-14H2,(H,23,27)(H,24,25,26). The lowest BCUT2D eigenvalue weighted by atomic mass is 10.0. The minimum Gasteiger partial charge on any atom is -0.325 e. The fraction of sp³-hybridized carbons (Fsp3) is 0.286. The second-order valence-electron chi connectivity index (χ2n) is 6.86. The van der Waals surface area contributed by atoms with E-state index in [9.17, 15) is 4.79 Å².